The van der Waals surface area contributed by atoms with Crippen LogP contribution >= 0.6 is 0 Å². The molecule has 2 aromatic rings. The quantitative estimate of drug-likeness (QED) is 0.353. The van der Waals surface area contributed by atoms with Crippen molar-refractivity contribution in [2.24, 2.45) is 11.3 Å². The van der Waals surface area contributed by atoms with Crippen molar-refractivity contribution in [3.8, 4) is 11.5 Å². The summed E-state index contributed by atoms with van der Waals surface area (Å²) in [6.07, 6.45) is 3.55. The van der Waals surface area contributed by atoms with Gasteiger partial charge in [0, 0.05) is 6.92 Å². The molecule has 3 heteroatoms. The number of benzene rings is 2. The summed E-state index contributed by atoms with van der Waals surface area (Å²) in [6, 6.07) is 16.7. The van der Waals surface area contributed by atoms with Crippen LogP contribution in [0.5, 0.6) is 11.5 Å². The Hall–Kier alpha value is -2.29. The first-order valence-corrected chi connectivity index (χ1v) is 10.2. The summed E-state index contributed by atoms with van der Waals surface area (Å²) < 4.78 is 10.6. The largest absolute Gasteiger partial charge is 0.497 e. The van der Waals surface area contributed by atoms with Crippen molar-refractivity contribution in [1.29, 1.82) is 0 Å². The molecule has 0 aliphatic heterocycles. The average Bonchev–Trinajstić information content (AvgIpc) is 2.76. The monoisotopic (exact) mass is 380 g/mol. The first-order valence-electron chi connectivity index (χ1n) is 10.2. The van der Waals surface area contributed by atoms with E-state index < -0.39 is 0 Å². The zero-order valence-electron chi connectivity index (χ0n) is 17.7. The lowest BCUT2D eigenvalue weighted by atomic mass is 9.73. The van der Waals surface area contributed by atoms with Gasteiger partial charge >= 0.3 is 5.97 Å². The molecule has 0 radical (unpaired) electrons. The Kier molecular flexibility index (Phi) is 6.12. The van der Waals surface area contributed by atoms with Crippen molar-refractivity contribution in [3.63, 3.8) is 0 Å². The Morgan fingerprint density at radius 3 is 1.96 bits per heavy atom. The van der Waals surface area contributed by atoms with Crippen LogP contribution in [-0.2, 0) is 4.79 Å². The van der Waals surface area contributed by atoms with Crippen molar-refractivity contribution in [1.82, 2.24) is 0 Å². The first-order chi connectivity index (χ1) is 13.3. The van der Waals surface area contributed by atoms with Crippen LogP contribution in [-0.4, -0.2) is 13.1 Å². The fourth-order valence-electron chi connectivity index (χ4n) is 4.96. The van der Waals surface area contributed by atoms with Gasteiger partial charge in [0.2, 0.25) is 0 Å². The number of rotatable bonds is 4. The van der Waals surface area contributed by atoms with Crippen LogP contribution in [0.3, 0.4) is 0 Å². The molecule has 0 spiro atoms. The van der Waals surface area contributed by atoms with Gasteiger partial charge in [-0.05, 0) is 77.8 Å². The predicted molar refractivity (Wildman–Crippen MR) is 113 cm³/mol. The summed E-state index contributed by atoms with van der Waals surface area (Å²) in [6.45, 7) is 8.59. The van der Waals surface area contributed by atoms with Crippen LogP contribution in [0.4, 0.5) is 0 Å². The van der Waals surface area contributed by atoms with Crippen LogP contribution in [0.2, 0.25) is 0 Å². The minimum absolute atomic E-state index is 0.284. The Labute approximate surface area is 169 Å². The average molecular weight is 381 g/mol. The number of carbonyl (C=O) groups excluding carboxylic acids is 1. The second-order valence-corrected chi connectivity index (χ2v) is 9.06. The van der Waals surface area contributed by atoms with Crippen molar-refractivity contribution < 1.29 is 14.3 Å². The molecule has 0 bridgehead atoms. The minimum atomic E-state index is -0.284. The van der Waals surface area contributed by atoms with E-state index in [1.807, 2.05) is 12.1 Å². The van der Waals surface area contributed by atoms with E-state index in [2.05, 4.69) is 57.2 Å². The molecule has 150 valence electrons. The van der Waals surface area contributed by atoms with Gasteiger partial charge in [0.1, 0.15) is 11.5 Å². The van der Waals surface area contributed by atoms with Crippen LogP contribution in [0.1, 0.15) is 69.9 Å². The molecule has 1 saturated carbocycles. The Bertz CT molecular complexity index is 790. The molecule has 1 aliphatic rings. The van der Waals surface area contributed by atoms with Crippen LogP contribution in [0, 0.1) is 11.3 Å². The van der Waals surface area contributed by atoms with E-state index in [0.29, 0.717) is 28.9 Å². The Balaban J connectivity index is 1.96. The van der Waals surface area contributed by atoms with Crippen molar-refractivity contribution >= 4 is 5.97 Å². The van der Waals surface area contributed by atoms with Gasteiger partial charge in [0.25, 0.3) is 0 Å². The number of hydrogen-bond acceptors (Lipinski definition) is 3. The van der Waals surface area contributed by atoms with E-state index in [1.165, 1.54) is 30.9 Å². The van der Waals surface area contributed by atoms with Crippen molar-refractivity contribution in [2.75, 3.05) is 7.11 Å². The molecule has 0 heterocycles. The van der Waals surface area contributed by atoms with Crippen LogP contribution < -0.4 is 9.47 Å². The summed E-state index contributed by atoms with van der Waals surface area (Å²) in [4.78, 5) is 11.2. The summed E-state index contributed by atoms with van der Waals surface area (Å²) in [5, 5.41) is 0. The number of carbonyl (C=O) groups is 1. The van der Waals surface area contributed by atoms with Crippen molar-refractivity contribution in [3.05, 3.63) is 59.7 Å². The van der Waals surface area contributed by atoms with E-state index >= 15 is 0 Å². The maximum Gasteiger partial charge on any atom is 0.308 e. The molecule has 1 fully saturated rings. The maximum atomic E-state index is 11.2. The van der Waals surface area contributed by atoms with Crippen LogP contribution in [0.15, 0.2) is 48.5 Å². The summed E-state index contributed by atoms with van der Waals surface area (Å²) in [5.41, 5.74) is 2.98. The summed E-state index contributed by atoms with van der Waals surface area (Å²) >= 11 is 0. The lowest BCUT2D eigenvalue weighted by molar-refractivity contribution is -0.131. The Morgan fingerprint density at radius 1 is 0.893 bits per heavy atom. The summed E-state index contributed by atoms with van der Waals surface area (Å²) in [7, 11) is 1.71. The molecule has 28 heavy (non-hydrogen) atoms. The first kappa shape index (κ1) is 20.4. The fourth-order valence-corrected chi connectivity index (χ4v) is 4.96. The maximum absolute atomic E-state index is 11.2. The van der Waals surface area contributed by atoms with Gasteiger partial charge in [-0.25, -0.2) is 0 Å². The topological polar surface area (TPSA) is 35.5 Å². The highest BCUT2D eigenvalue weighted by molar-refractivity contribution is 5.69. The lowest BCUT2D eigenvalue weighted by Gasteiger charge is -2.31. The third-order valence-electron chi connectivity index (χ3n) is 5.93. The molecule has 0 saturated heterocycles. The number of esters is 1. The molecular weight excluding hydrogens is 348 g/mol. The predicted octanol–water partition coefficient (Wildman–Crippen LogP) is 6.33. The molecule has 3 unspecified atom stereocenters. The molecule has 0 N–H and O–H groups in total. The van der Waals surface area contributed by atoms with Gasteiger partial charge in [0.05, 0.1) is 7.11 Å². The fraction of sp³-hybridized carbons (Fsp3) is 0.480. The van der Waals surface area contributed by atoms with Gasteiger partial charge in [-0.15, -0.1) is 0 Å². The van der Waals surface area contributed by atoms with Gasteiger partial charge in [-0.1, -0.05) is 45.0 Å². The molecule has 3 rings (SSSR count). The normalized spacial score (nSPS) is 24.2. The molecule has 0 amide bonds. The highest BCUT2D eigenvalue weighted by Gasteiger charge is 2.36. The second-order valence-electron chi connectivity index (χ2n) is 9.06. The third-order valence-corrected chi connectivity index (χ3v) is 5.93. The second kappa shape index (κ2) is 8.38. The molecular formula is C25H32O3. The smallest absolute Gasteiger partial charge is 0.308 e. The lowest BCUT2D eigenvalue weighted by Crippen LogP contribution is -2.17. The van der Waals surface area contributed by atoms with E-state index in [1.54, 1.807) is 7.11 Å². The highest BCUT2D eigenvalue weighted by atomic mass is 16.5. The standard InChI is InChI=1S/C25H32O3/c1-17-14-23(19-6-10-21(27-5)11-7-19)24(16-25(3,4)15-17)20-8-12-22(13-9-20)28-18(2)26/h6-13,17,23-24H,14-16H2,1-5H3. The van der Waals surface area contributed by atoms with Gasteiger partial charge in [-0.2, -0.15) is 0 Å². The highest BCUT2D eigenvalue weighted by Crippen LogP contribution is 2.50. The zero-order valence-corrected chi connectivity index (χ0v) is 17.7. The third kappa shape index (κ3) is 4.95. The molecule has 2 aromatic carbocycles. The molecule has 0 aromatic heterocycles. The molecule has 1 aliphatic carbocycles. The van der Waals surface area contributed by atoms with Crippen LogP contribution in [0.25, 0.3) is 0 Å². The number of methoxy groups -OCH3 is 1. The molecule has 3 atom stereocenters. The van der Waals surface area contributed by atoms with Gasteiger partial charge in [0.15, 0.2) is 0 Å². The Morgan fingerprint density at radius 2 is 1.43 bits per heavy atom. The molecule has 3 nitrogen and oxygen atoms in total. The van der Waals surface area contributed by atoms with E-state index in [9.17, 15) is 4.79 Å². The van der Waals surface area contributed by atoms with Gasteiger partial charge in [-0.3, -0.25) is 4.79 Å². The van der Waals surface area contributed by atoms with E-state index in [4.69, 9.17) is 9.47 Å². The summed E-state index contributed by atoms with van der Waals surface area (Å²) in [5.74, 6) is 2.79. The SMILES string of the molecule is COc1ccc(C2CC(C)CC(C)(C)CC2c2ccc(OC(C)=O)cc2)cc1. The number of hydrogen-bond donors (Lipinski definition) is 0. The zero-order chi connectivity index (χ0) is 20.3. The van der Waals surface area contributed by atoms with Crippen molar-refractivity contribution in [2.45, 2.75) is 58.8 Å². The minimum Gasteiger partial charge on any atom is -0.497 e. The van der Waals surface area contributed by atoms with Gasteiger partial charge < -0.3 is 9.47 Å². The number of ether oxygens (including phenoxy) is 2. The van der Waals surface area contributed by atoms with E-state index in [-0.39, 0.29) is 5.97 Å². The van der Waals surface area contributed by atoms with E-state index in [0.717, 1.165) is 12.2 Å².